The molecule has 4 heteroatoms. The summed E-state index contributed by atoms with van der Waals surface area (Å²) in [5.41, 5.74) is 2.34. The van der Waals surface area contributed by atoms with E-state index in [2.05, 4.69) is 41.5 Å². The van der Waals surface area contributed by atoms with Crippen LogP contribution in [0.25, 0.3) is 0 Å². The Bertz CT molecular complexity index is 495. The van der Waals surface area contributed by atoms with Crippen molar-refractivity contribution in [3.8, 4) is 0 Å². The minimum atomic E-state index is 0.248. The second-order valence-corrected chi connectivity index (χ2v) is 7.15. The molecule has 130 valence electrons. The smallest absolute Gasteiger partial charge is 0.225 e. The predicted octanol–water partition coefficient (Wildman–Crippen LogP) is 3.95. The number of carbonyl (C=O) groups excluding carboxylic acids is 1. The van der Waals surface area contributed by atoms with Gasteiger partial charge in [0.15, 0.2) is 0 Å². The second kappa shape index (κ2) is 8.51. The summed E-state index contributed by atoms with van der Waals surface area (Å²) in [6, 6.07) is 2.14. The maximum absolute atomic E-state index is 12.7. The van der Waals surface area contributed by atoms with Gasteiger partial charge in [-0.25, -0.2) is 0 Å². The van der Waals surface area contributed by atoms with Crippen molar-refractivity contribution in [2.45, 2.75) is 72.8 Å². The van der Waals surface area contributed by atoms with E-state index in [4.69, 9.17) is 0 Å². The maximum atomic E-state index is 12.7. The van der Waals surface area contributed by atoms with E-state index in [0.29, 0.717) is 11.8 Å². The maximum Gasteiger partial charge on any atom is 0.225 e. The molecule has 2 rings (SSSR count). The van der Waals surface area contributed by atoms with Crippen LogP contribution in [0.3, 0.4) is 0 Å². The molecule has 1 fully saturated rings. The van der Waals surface area contributed by atoms with Gasteiger partial charge in [-0.2, -0.15) is 5.10 Å². The topological polar surface area (TPSA) is 38.1 Å². The minimum absolute atomic E-state index is 0.248. The Balaban J connectivity index is 1.85. The molecule has 0 aromatic carbocycles. The lowest BCUT2D eigenvalue weighted by Gasteiger charge is -2.34. The Morgan fingerprint density at radius 3 is 2.30 bits per heavy atom. The minimum Gasteiger partial charge on any atom is -0.342 e. The summed E-state index contributed by atoms with van der Waals surface area (Å²) in [7, 11) is 0. The molecule has 0 bridgehead atoms. The van der Waals surface area contributed by atoms with Crippen LogP contribution in [-0.2, 0) is 11.3 Å². The third-order valence-electron chi connectivity index (χ3n) is 5.08. The molecule has 1 amide bonds. The Labute approximate surface area is 141 Å². The second-order valence-electron chi connectivity index (χ2n) is 7.15. The van der Waals surface area contributed by atoms with E-state index in [9.17, 15) is 4.79 Å². The van der Waals surface area contributed by atoms with Crippen molar-refractivity contribution in [1.82, 2.24) is 14.7 Å². The van der Waals surface area contributed by atoms with Crippen molar-refractivity contribution in [1.29, 1.82) is 0 Å². The lowest BCUT2D eigenvalue weighted by molar-refractivity contribution is -0.137. The Morgan fingerprint density at radius 2 is 1.83 bits per heavy atom. The number of piperidine rings is 1. The predicted molar refractivity (Wildman–Crippen MR) is 94.3 cm³/mol. The molecule has 0 aliphatic carbocycles. The third-order valence-corrected chi connectivity index (χ3v) is 5.08. The van der Waals surface area contributed by atoms with Gasteiger partial charge >= 0.3 is 0 Å². The number of aryl methyl sites for hydroxylation is 2. The number of likely N-dealkylation sites (tertiary alicyclic amines) is 1. The van der Waals surface area contributed by atoms with E-state index in [1.165, 1.54) is 5.69 Å². The first-order valence-electron chi connectivity index (χ1n) is 9.35. The molecule has 1 aliphatic heterocycles. The van der Waals surface area contributed by atoms with Crippen molar-refractivity contribution in [3.63, 3.8) is 0 Å². The molecule has 4 nitrogen and oxygen atoms in total. The van der Waals surface area contributed by atoms with E-state index in [1.54, 1.807) is 0 Å². The fourth-order valence-corrected chi connectivity index (χ4v) is 3.79. The van der Waals surface area contributed by atoms with Crippen molar-refractivity contribution >= 4 is 5.91 Å². The van der Waals surface area contributed by atoms with Gasteiger partial charge in [0.1, 0.15) is 0 Å². The molecule has 23 heavy (non-hydrogen) atoms. The number of hydrogen-bond acceptors (Lipinski definition) is 2. The Kier molecular flexibility index (Phi) is 6.67. The normalized spacial score (nSPS) is 16.3. The summed E-state index contributed by atoms with van der Waals surface area (Å²) in [4.78, 5) is 14.8. The summed E-state index contributed by atoms with van der Waals surface area (Å²) in [6.07, 6.45) is 6.50. The molecular formula is C19H33N3O. The zero-order chi connectivity index (χ0) is 16.8. The van der Waals surface area contributed by atoms with Crippen LogP contribution in [0.15, 0.2) is 6.07 Å². The highest BCUT2D eigenvalue weighted by molar-refractivity contribution is 5.78. The van der Waals surface area contributed by atoms with Gasteiger partial charge in [0, 0.05) is 31.2 Å². The van der Waals surface area contributed by atoms with Crippen molar-refractivity contribution in [3.05, 3.63) is 17.5 Å². The van der Waals surface area contributed by atoms with Gasteiger partial charge in [-0.15, -0.1) is 0 Å². The summed E-state index contributed by atoms with van der Waals surface area (Å²) in [6.45, 7) is 11.4. The number of rotatable bonds is 7. The van der Waals surface area contributed by atoms with Gasteiger partial charge in [0.05, 0.1) is 5.69 Å². The van der Waals surface area contributed by atoms with Crippen LogP contribution in [0.1, 0.15) is 63.8 Å². The van der Waals surface area contributed by atoms with Gasteiger partial charge in [0.25, 0.3) is 0 Å². The van der Waals surface area contributed by atoms with Gasteiger partial charge in [-0.1, -0.05) is 26.7 Å². The highest BCUT2D eigenvalue weighted by atomic mass is 16.2. The number of carbonyl (C=O) groups is 1. The van der Waals surface area contributed by atoms with Crippen LogP contribution < -0.4 is 0 Å². The summed E-state index contributed by atoms with van der Waals surface area (Å²) < 4.78 is 2.13. The Morgan fingerprint density at radius 1 is 1.22 bits per heavy atom. The summed E-state index contributed by atoms with van der Waals surface area (Å²) in [5, 5.41) is 4.57. The average Bonchev–Trinajstić information content (AvgIpc) is 2.85. The third kappa shape index (κ3) is 4.82. The zero-order valence-electron chi connectivity index (χ0n) is 15.3. The molecular weight excluding hydrogens is 286 g/mol. The van der Waals surface area contributed by atoms with Crippen molar-refractivity contribution in [2.75, 3.05) is 13.1 Å². The molecule has 2 heterocycles. The molecule has 1 aromatic rings. The summed E-state index contributed by atoms with van der Waals surface area (Å²) in [5.74, 6) is 1.30. The molecule has 0 N–H and O–H groups in total. The number of aromatic nitrogens is 2. The van der Waals surface area contributed by atoms with Crippen LogP contribution in [-0.4, -0.2) is 33.7 Å². The highest BCUT2D eigenvalue weighted by Gasteiger charge is 2.27. The molecule has 0 spiro atoms. The van der Waals surface area contributed by atoms with Crippen LogP contribution >= 0.6 is 0 Å². The highest BCUT2D eigenvalue weighted by Crippen LogP contribution is 2.24. The lowest BCUT2D eigenvalue weighted by Crippen LogP contribution is -2.42. The van der Waals surface area contributed by atoms with Crippen LogP contribution in [0, 0.1) is 25.7 Å². The van der Waals surface area contributed by atoms with E-state index in [-0.39, 0.29) is 5.92 Å². The van der Waals surface area contributed by atoms with Gasteiger partial charge < -0.3 is 4.90 Å². The van der Waals surface area contributed by atoms with Crippen LogP contribution in [0.2, 0.25) is 0 Å². The van der Waals surface area contributed by atoms with Crippen molar-refractivity contribution < 1.29 is 4.79 Å². The molecule has 0 radical (unpaired) electrons. The fraction of sp³-hybridized carbons (Fsp3) is 0.789. The molecule has 1 aromatic heterocycles. The van der Waals surface area contributed by atoms with Crippen molar-refractivity contribution in [2.24, 2.45) is 11.8 Å². The van der Waals surface area contributed by atoms with Gasteiger partial charge in [-0.3, -0.25) is 9.48 Å². The van der Waals surface area contributed by atoms with E-state index in [1.807, 2.05) is 6.92 Å². The first-order chi connectivity index (χ1) is 11.0. The SMILES string of the molecule is CCCC(CCC)C(=O)N1CCC(Cn2nc(C)cc2C)CC1. The standard InChI is InChI=1S/C19H33N3O/c1-5-7-18(8-6-2)19(23)21-11-9-17(10-12-21)14-22-16(4)13-15(3)20-22/h13,17-18H,5-12,14H2,1-4H3. The van der Waals surface area contributed by atoms with E-state index < -0.39 is 0 Å². The molecule has 0 saturated carbocycles. The molecule has 1 aliphatic rings. The van der Waals surface area contributed by atoms with Crippen LogP contribution in [0.5, 0.6) is 0 Å². The van der Waals surface area contributed by atoms with Gasteiger partial charge in [-0.05, 0) is 51.5 Å². The largest absolute Gasteiger partial charge is 0.342 e. The van der Waals surface area contributed by atoms with E-state index in [0.717, 1.165) is 63.9 Å². The fourth-order valence-electron chi connectivity index (χ4n) is 3.79. The first-order valence-corrected chi connectivity index (χ1v) is 9.35. The number of amides is 1. The first kappa shape index (κ1) is 18.0. The average molecular weight is 319 g/mol. The van der Waals surface area contributed by atoms with E-state index >= 15 is 0 Å². The quantitative estimate of drug-likeness (QED) is 0.763. The molecule has 0 atom stereocenters. The Hall–Kier alpha value is -1.32. The zero-order valence-corrected chi connectivity index (χ0v) is 15.3. The monoisotopic (exact) mass is 319 g/mol. The molecule has 1 saturated heterocycles. The number of nitrogens with zero attached hydrogens (tertiary/aromatic N) is 3. The van der Waals surface area contributed by atoms with Crippen LogP contribution in [0.4, 0.5) is 0 Å². The lowest BCUT2D eigenvalue weighted by atomic mass is 9.92. The van der Waals surface area contributed by atoms with Gasteiger partial charge in [0.2, 0.25) is 5.91 Å². The number of hydrogen-bond donors (Lipinski definition) is 0. The summed E-state index contributed by atoms with van der Waals surface area (Å²) >= 11 is 0. The molecule has 0 unspecified atom stereocenters.